The van der Waals surface area contributed by atoms with Crippen LogP contribution in [-0.2, 0) is 0 Å². The fourth-order valence-electron chi connectivity index (χ4n) is 1.82. The largest absolute Gasteiger partial charge is 0.375 e. The summed E-state index contributed by atoms with van der Waals surface area (Å²) >= 11 is 7.32. The number of hydrogen-bond acceptors (Lipinski definition) is 5. The molecule has 0 aliphatic carbocycles. The highest BCUT2D eigenvalue weighted by Crippen LogP contribution is 2.28. The summed E-state index contributed by atoms with van der Waals surface area (Å²) in [6.07, 6.45) is 1.65. The van der Waals surface area contributed by atoms with Crippen LogP contribution < -0.4 is 11.1 Å². The third-order valence-electron chi connectivity index (χ3n) is 2.72. The first-order valence-electron chi connectivity index (χ1n) is 5.71. The molecule has 0 fully saturated rings. The molecular weight excluding hydrogens is 296 g/mol. The predicted molar refractivity (Wildman–Crippen MR) is 81.2 cm³/mol. The van der Waals surface area contributed by atoms with Crippen molar-refractivity contribution in [3.8, 4) is 0 Å². The van der Waals surface area contributed by atoms with Gasteiger partial charge in [0.15, 0.2) is 5.13 Å². The van der Waals surface area contributed by atoms with Crippen LogP contribution in [0.5, 0.6) is 0 Å². The Hall–Kier alpha value is -2.18. The topological polar surface area (TPSA) is 80.9 Å². The number of carbonyl (C=O) groups excluding carboxylic acids is 1. The van der Waals surface area contributed by atoms with E-state index >= 15 is 0 Å². The van der Waals surface area contributed by atoms with Gasteiger partial charge in [0, 0.05) is 17.0 Å². The Kier molecular flexibility index (Phi) is 3.25. The first kappa shape index (κ1) is 12.8. The first-order valence-corrected chi connectivity index (χ1v) is 6.96. The van der Waals surface area contributed by atoms with E-state index in [1.165, 1.54) is 11.3 Å². The van der Waals surface area contributed by atoms with Crippen molar-refractivity contribution in [2.45, 2.75) is 0 Å². The zero-order valence-corrected chi connectivity index (χ0v) is 11.7. The summed E-state index contributed by atoms with van der Waals surface area (Å²) in [5.74, 6) is -0.327. The average Bonchev–Trinajstić information content (AvgIpc) is 2.89. The molecule has 0 unspecified atom stereocenters. The van der Waals surface area contributed by atoms with Crippen LogP contribution in [-0.4, -0.2) is 15.9 Å². The molecule has 1 aromatic carbocycles. The molecule has 3 rings (SSSR count). The zero-order chi connectivity index (χ0) is 14.1. The van der Waals surface area contributed by atoms with Crippen LogP contribution in [0.1, 0.15) is 10.5 Å². The Morgan fingerprint density at radius 3 is 2.95 bits per heavy atom. The van der Waals surface area contributed by atoms with Gasteiger partial charge in [0.25, 0.3) is 5.91 Å². The second-order valence-corrected chi connectivity index (χ2v) is 5.32. The van der Waals surface area contributed by atoms with Gasteiger partial charge in [-0.1, -0.05) is 11.6 Å². The van der Waals surface area contributed by atoms with Gasteiger partial charge < -0.3 is 11.1 Å². The van der Waals surface area contributed by atoms with Crippen molar-refractivity contribution in [2.24, 2.45) is 0 Å². The monoisotopic (exact) mass is 304 g/mol. The standard InChI is InChI=1S/C13H9ClN4OS/c14-8-3-4-9(11-7(8)2-1-5-16-11)17-12(19)10-6-20-13(15)18-10/h1-6H,(H2,15,18)(H,17,19). The highest BCUT2D eigenvalue weighted by Gasteiger charge is 2.13. The summed E-state index contributed by atoms with van der Waals surface area (Å²) in [4.78, 5) is 20.3. The minimum absolute atomic E-state index is 0.284. The maximum Gasteiger partial charge on any atom is 0.275 e. The predicted octanol–water partition coefficient (Wildman–Crippen LogP) is 3.18. The number of hydrogen-bond donors (Lipinski definition) is 2. The molecule has 20 heavy (non-hydrogen) atoms. The maximum absolute atomic E-state index is 12.1. The van der Waals surface area contributed by atoms with Crippen LogP contribution >= 0.6 is 22.9 Å². The number of nitrogens with one attached hydrogen (secondary N) is 1. The summed E-state index contributed by atoms with van der Waals surface area (Å²) < 4.78 is 0. The van der Waals surface area contributed by atoms with Gasteiger partial charge in [0.2, 0.25) is 0 Å². The molecule has 3 aromatic rings. The van der Waals surface area contributed by atoms with Gasteiger partial charge in [-0.3, -0.25) is 9.78 Å². The van der Waals surface area contributed by atoms with E-state index in [1.54, 1.807) is 29.8 Å². The number of anilines is 2. The Balaban J connectivity index is 1.99. The van der Waals surface area contributed by atoms with E-state index in [0.717, 1.165) is 5.39 Å². The molecule has 2 heterocycles. The number of thiazole rings is 1. The van der Waals surface area contributed by atoms with Gasteiger partial charge in [-0.15, -0.1) is 11.3 Å². The number of fused-ring (bicyclic) bond motifs is 1. The quantitative estimate of drug-likeness (QED) is 0.762. The fourth-order valence-corrected chi connectivity index (χ4v) is 2.58. The first-order chi connectivity index (χ1) is 9.65. The Labute approximate surface area is 123 Å². The molecule has 0 atom stereocenters. The number of nitrogen functional groups attached to an aromatic ring is 1. The number of pyridine rings is 1. The fraction of sp³-hybridized carbons (Fsp3) is 0. The van der Waals surface area contributed by atoms with E-state index in [2.05, 4.69) is 15.3 Å². The highest BCUT2D eigenvalue weighted by molar-refractivity contribution is 7.13. The lowest BCUT2D eigenvalue weighted by molar-refractivity contribution is 0.102. The summed E-state index contributed by atoms with van der Waals surface area (Å²) in [7, 11) is 0. The van der Waals surface area contributed by atoms with Crippen LogP contribution in [0.25, 0.3) is 10.9 Å². The molecule has 0 saturated heterocycles. The van der Waals surface area contributed by atoms with Gasteiger partial charge in [0.1, 0.15) is 5.69 Å². The molecule has 100 valence electrons. The number of halogens is 1. The summed E-state index contributed by atoms with van der Waals surface area (Å²) in [5, 5.41) is 6.10. The molecule has 0 saturated carbocycles. The Morgan fingerprint density at radius 2 is 2.20 bits per heavy atom. The number of carbonyl (C=O) groups is 1. The lowest BCUT2D eigenvalue weighted by atomic mass is 10.2. The molecule has 0 bridgehead atoms. The van der Waals surface area contributed by atoms with Crippen molar-refractivity contribution in [3.63, 3.8) is 0 Å². The molecule has 3 N–H and O–H groups in total. The zero-order valence-electron chi connectivity index (χ0n) is 10.1. The van der Waals surface area contributed by atoms with E-state index < -0.39 is 0 Å². The summed E-state index contributed by atoms with van der Waals surface area (Å²) in [6, 6.07) is 7.07. The van der Waals surface area contributed by atoms with E-state index in [1.807, 2.05) is 6.07 Å². The molecule has 0 spiro atoms. The van der Waals surface area contributed by atoms with Crippen LogP contribution in [0.2, 0.25) is 5.02 Å². The van der Waals surface area contributed by atoms with Crippen molar-refractivity contribution in [1.29, 1.82) is 0 Å². The third kappa shape index (κ3) is 2.31. The van der Waals surface area contributed by atoms with Crippen molar-refractivity contribution in [1.82, 2.24) is 9.97 Å². The summed E-state index contributed by atoms with van der Waals surface area (Å²) in [6.45, 7) is 0. The minimum atomic E-state index is -0.327. The lowest BCUT2D eigenvalue weighted by Gasteiger charge is -2.07. The van der Waals surface area contributed by atoms with E-state index in [0.29, 0.717) is 21.4 Å². The van der Waals surface area contributed by atoms with E-state index in [4.69, 9.17) is 17.3 Å². The van der Waals surface area contributed by atoms with Gasteiger partial charge in [-0.2, -0.15) is 0 Å². The van der Waals surface area contributed by atoms with Crippen molar-refractivity contribution in [2.75, 3.05) is 11.1 Å². The SMILES string of the molecule is Nc1nc(C(=O)Nc2ccc(Cl)c3cccnc23)cs1. The van der Waals surface area contributed by atoms with Gasteiger partial charge in [-0.25, -0.2) is 4.98 Å². The molecule has 0 radical (unpaired) electrons. The minimum Gasteiger partial charge on any atom is -0.375 e. The molecule has 5 nitrogen and oxygen atoms in total. The van der Waals surface area contributed by atoms with Crippen LogP contribution in [0.15, 0.2) is 35.8 Å². The van der Waals surface area contributed by atoms with Crippen molar-refractivity contribution in [3.05, 3.63) is 46.6 Å². The number of aromatic nitrogens is 2. The Morgan fingerprint density at radius 1 is 1.35 bits per heavy atom. The van der Waals surface area contributed by atoms with Crippen LogP contribution in [0, 0.1) is 0 Å². The van der Waals surface area contributed by atoms with E-state index in [-0.39, 0.29) is 11.6 Å². The second-order valence-electron chi connectivity index (χ2n) is 4.02. The lowest BCUT2D eigenvalue weighted by Crippen LogP contribution is -2.13. The average molecular weight is 305 g/mol. The van der Waals surface area contributed by atoms with Crippen LogP contribution in [0.4, 0.5) is 10.8 Å². The van der Waals surface area contributed by atoms with Crippen molar-refractivity contribution < 1.29 is 4.79 Å². The highest BCUT2D eigenvalue weighted by atomic mass is 35.5. The molecule has 0 aliphatic heterocycles. The number of benzene rings is 1. The van der Waals surface area contributed by atoms with Crippen molar-refractivity contribution >= 4 is 50.6 Å². The summed E-state index contributed by atoms with van der Waals surface area (Å²) in [5.41, 5.74) is 7.02. The normalized spacial score (nSPS) is 10.7. The van der Waals surface area contributed by atoms with Gasteiger partial charge in [0.05, 0.1) is 16.2 Å². The Bertz CT molecular complexity index is 802. The third-order valence-corrected chi connectivity index (χ3v) is 3.72. The van der Waals surface area contributed by atoms with E-state index in [9.17, 15) is 4.79 Å². The van der Waals surface area contributed by atoms with Crippen LogP contribution in [0.3, 0.4) is 0 Å². The molecule has 0 aliphatic rings. The number of amides is 1. The molecule has 2 aromatic heterocycles. The smallest absolute Gasteiger partial charge is 0.275 e. The second kappa shape index (κ2) is 5.07. The molecule has 1 amide bonds. The molecular formula is C13H9ClN4OS. The molecule has 7 heteroatoms. The number of rotatable bonds is 2. The number of nitrogens with zero attached hydrogens (tertiary/aromatic N) is 2. The van der Waals surface area contributed by atoms with Gasteiger partial charge >= 0.3 is 0 Å². The maximum atomic E-state index is 12.1. The number of nitrogens with two attached hydrogens (primary N) is 1. The van der Waals surface area contributed by atoms with Gasteiger partial charge in [-0.05, 0) is 24.3 Å².